The van der Waals surface area contributed by atoms with Gasteiger partial charge in [-0.05, 0) is 51.0 Å². The first-order valence-corrected chi connectivity index (χ1v) is 8.92. The van der Waals surface area contributed by atoms with E-state index in [2.05, 4.69) is 57.1 Å². The molecule has 0 atom stereocenters. The van der Waals surface area contributed by atoms with Crippen molar-refractivity contribution >= 4 is 12.6 Å². The highest BCUT2D eigenvalue weighted by Gasteiger charge is 2.52. The Kier molecular flexibility index (Phi) is 4.01. The molecule has 2 heterocycles. The minimum atomic E-state index is -0.397. The molecule has 132 valence electrons. The second kappa shape index (κ2) is 6.11. The monoisotopic (exact) mass is 346 g/mol. The summed E-state index contributed by atoms with van der Waals surface area (Å²) in [7, 11) is -0.397. The summed E-state index contributed by atoms with van der Waals surface area (Å²) in [6, 6.07) is 18.7. The number of benzene rings is 2. The highest BCUT2D eigenvalue weighted by molar-refractivity contribution is 6.62. The normalized spacial score (nSPS) is 18.2. The Bertz CT molecular complexity index is 903. The van der Waals surface area contributed by atoms with Crippen LogP contribution >= 0.6 is 0 Å². The third kappa shape index (κ3) is 2.98. The lowest BCUT2D eigenvalue weighted by Crippen LogP contribution is -2.41. The van der Waals surface area contributed by atoms with E-state index in [9.17, 15) is 0 Å². The Balaban J connectivity index is 1.62. The second-order valence-corrected chi connectivity index (χ2v) is 7.72. The maximum absolute atomic E-state index is 6.12. The van der Waals surface area contributed by atoms with Crippen molar-refractivity contribution in [2.24, 2.45) is 0 Å². The number of rotatable bonds is 3. The molecule has 1 fully saturated rings. The minimum absolute atomic E-state index is 0.354. The van der Waals surface area contributed by atoms with Crippen LogP contribution in [0.3, 0.4) is 0 Å². The number of hydrogen-bond acceptors (Lipinski definition) is 3. The highest BCUT2D eigenvalue weighted by atomic mass is 16.7. The molecular weight excluding hydrogens is 323 g/mol. The average molecular weight is 346 g/mol. The fourth-order valence-corrected chi connectivity index (χ4v) is 3.04. The summed E-state index contributed by atoms with van der Waals surface area (Å²) in [5.41, 5.74) is 3.58. The first-order valence-electron chi connectivity index (χ1n) is 8.92. The van der Waals surface area contributed by atoms with Crippen LogP contribution in [0.25, 0.3) is 16.8 Å². The average Bonchev–Trinajstić information content (AvgIpc) is 3.19. The molecule has 0 N–H and O–H groups in total. The Morgan fingerprint density at radius 2 is 1.50 bits per heavy atom. The zero-order valence-corrected chi connectivity index (χ0v) is 15.6. The van der Waals surface area contributed by atoms with Crippen LogP contribution in [0.1, 0.15) is 27.7 Å². The van der Waals surface area contributed by atoms with E-state index in [0.717, 1.165) is 16.7 Å². The molecule has 0 spiro atoms. The van der Waals surface area contributed by atoms with Gasteiger partial charge in [-0.2, -0.15) is 5.10 Å². The van der Waals surface area contributed by atoms with Crippen molar-refractivity contribution in [3.05, 3.63) is 67.0 Å². The third-order valence-electron chi connectivity index (χ3n) is 5.35. The number of hydrogen-bond donors (Lipinski definition) is 0. The summed E-state index contributed by atoms with van der Waals surface area (Å²) in [5.74, 6) is 0. The predicted molar refractivity (Wildman–Crippen MR) is 105 cm³/mol. The van der Waals surface area contributed by atoms with E-state index in [1.54, 1.807) is 0 Å². The van der Waals surface area contributed by atoms with Gasteiger partial charge in [0.25, 0.3) is 0 Å². The van der Waals surface area contributed by atoms with Crippen molar-refractivity contribution < 1.29 is 9.31 Å². The lowest BCUT2D eigenvalue weighted by molar-refractivity contribution is 0.00578. The summed E-state index contributed by atoms with van der Waals surface area (Å²) < 4.78 is 14.1. The molecule has 0 radical (unpaired) electrons. The molecule has 1 aromatic heterocycles. The van der Waals surface area contributed by atoms with E-state index in [4.69, 9.17) is 9.31 Å². The maximum Gasteiger partial charge on any atom is 0.498 e. The van der Waals surface area contributed by atoms with Crippen LogP contribution in [0.4, 0.5) is 0 Å². The first kappa shape index (κ1) is 17.1. The van der Waals surface area contributed by atoms with Crippen molar-refractivity contribution in [3.63, 3.8) is 0 Å². The molecule has 0 bridgehead atoms. The lowest BCUT2D eigenvalue weighted by Gasteiger charge is -2.32. The van der Waals surface area contributed by atoms with Crippen molar-refractivity contribution in [2.45, 2.75) is 38.9 Å². The molecular formula is C21H23BN2O2. The van der Waals surface area contributed by atoms with Gasteiger partial charge in [0, 0.05) is 17.9 Å². The molecule has 0 saturated carbocycles. The van der Waals surface area contributed by atoms with Gasteiger partial charge in [0.05, 0.1) is 16.9 Å². The van der Waals surface area contributed by atoms with Crippen LogP contribution in [0.15, 0.2) is 67.0 Å². The van der Waals surface area contributed by atoms with Crippen molar-refractivity contribution in [1.82, 2.24) is 9.78 Å². The standard InChI is InChI=1S/C21H23BN2O2/c1-20(2)21(3,4)26-22(25-20)18-14-23-24(15-18)19-12-8-11-17(13-19)16-9-6-5-7-10-16/h5-15H,1-4H3. The summed E-state index contributed by atoms with van der Waals surface area (Å²) >= 11 is 0. The van der Waals surface area contributed by atoms with E-state index in [1.165, 1.54) is 5.56 Å². The van der Waals surface area contributed by atoms with E-state index >= 15 is 0 Å². The Morgan fingerprint density at radius 3 is 2.19 bits per heavy atom. The SMILES string of the molecule is CC1(C)OB(c2cnn(-c3cccc(-c4ccccc4)c3)c2)OC1(C)C. The van der Waals surface area contributed by atoms with Crippen LogP contribution < -0.4 is 5.46 Å². The molecule has 5 heteroatoms. The molecule has 0 aliphatic carbocycles. The molecule has 0 unspecified atom stereocenters. The summed E-state index contributed by atoms with van der Waals surface area (Å²) in [6.45, 7) is 8.23. The Morgan fingerprint density at radius 1 is 0.846 bits per heavy atom. The van der Waals surface area contributed by atoms with Gasteiger partial charge in [0.2, 0.25) is 0 Å². The van der Waals surface area contributed by atoms with E-state index < -0.39 is 7.12 Å². The number of aromatic nitrogens is 2. The van der Waals surface area contributed by atoms with Gasteiger partial charge in [0.15, 0.2) is 0 Å². The van der Waals surface area contributed by atoms with Gasteiger partial charge < -0.3 is 9.31 Å². The summed E-state index contributed by atoms with van der Waals surface area (Å²) in [6.07, 6.45) is 3.80. The molecule has 1 saturated heterocycles. The quantitative estimate of drug-likeness (QED) is 0.676. The minimum Gasteiger partial charge on any atom is -0.399 e. The molecule has 4 rings (SSSR count). The van der Waals surface area contributed by atoms with Crippen LogP contribution in [-0.4, -0.2) is 28.1 Å². The highest BCUT2D eigenvalue weighted by Crippen LogP contribution is 2.36. The van der Waals surface area contributed by atoms with Crippen molar-refractivity contribution in [1.29, 1.82) is 0 Å². The molecule has 26 heavy (non-hydrogen) atoms. The van der Waals surface area contributed by atoms with Gasteiger partial charge in [-0.15, -0.1) is 0 Å². The third-order valence-corrected chi connectivity index (χ3v) is 5.35. The second-order valence-electron chi connectivity index (χ2n) is 7.72. The van der Waals surface area contributed by atoms with E-state index in [-0.39, 0.29) is 11.2 Å². The fourth-order valence-electron chi connectivity index (χ4n) is 3.04. The van der Waals surface area contributed by atoms with Crippen LogP contribution in [0.2, 0.25) is 0 Å². The van der Waals surface area contributed by atoms with Crippen LogP contribution in [0.5, 0.6) is 0 Å². The fraction of sp³-hybridized carbons (Fsp3) is 0.286. The van der Waals surface area contributed by atoms with Crippen LogP contribution in [0, 0.1) is 0 Å². The topological polar surface area (TPSA) is 36.3 Å². The Labute approximate surface area is 154 Å². The summed E-state index contributed by atoms with van der Waals surface area (Å²) in [5, 5.41) is 4.52. The molecule has 4 nitrogen and oxygen atoms in total. The Hall–Kier alpha value is -2.37. The zero-order valence-electron chi connectivity index (χ0n) is 15.6. The van der Waals surface area contributed by atoms with Gasteiger partial charge in [-0.1, -0.05) is 42.5 Å². The van der Waals surface area contributed by atoms with Gasteiger partial charge in [-0.25, -0.2) is 4.68 Å². The van der Waals surface area contributed by atoms with Crippen LogP contribution in [-0.2, 0) is 9.31 Å². The van der Waals surface area contributed by atoms with Gasteiger partial charge >= 0.3 is 7.12 Å². The first-order chi connectivity index (χ1) is 12.4. The largest absolute Gasteiger partial charge is 0.498 e. The lowest BCUT2D eigenvalue weighted by atomic mass is 9.82. The van der Waals surface area contributed by atoms with Crippen molar-refractivity contribution in [2.75, 3.05) is 0 Å². The molecule has 1 aliphatic rings. The van der Waals surface area contributed by atoms with Crippen molar-refractivity contribution in [3.8, 4) is 16.8 Å². The smallest absolute Gasteiger partial charge is 0.399 e. The zero-order chi connectivity index (χ0) is 18.4. The number of nitrogens with zero attached hydrogens (tertiary/aromatic N) is 2. The van der Waals surface area contributed by atoms with E-state index in [0.29, 0.717) is 0 Å². The molecule has 1 aliphatic heterocycles. The van der Waals surface area contributed by atoms with Gasteiger partial charge in [0.1, 0.15) is 0 Å². The molecule has 2 aromatic carbocycles. The molecule has 0 amide bonds. The molecule has 3 aromatic rings. The van der Waals surface area contributed by atoms with E-state index in [1.807, 2.05) is 47.4 Å². The van der Waals surface area contributed by atoms with Gasteiger partial charge in [-0.3, -0.25) is 0 Å². The summed E-state index contributed by atoms with van der Waals surface area (Å²) in [4.78, 5) is 0. The maximum atomic E-state index is 6.12. The predicted octanol–water partition coefficient (Wildman–Crippen LogP) is 3.84.